The smallest absolute Gasteiger partial charge is 0.256 e. The van der Waals surface area contributed by atoms with Crippen molar-refractivity contribution in [3.63, 3.8) is 0 Å². The minimum atomic E-state index is -1.33. The highest BCUT2D eigenvalue weighted by Crippen LogP contribution is 2.38. The Hall–Kier alpha value is -0.520. The van der Waals surface area contributed by atoms with Gasteiger partial charge in [0.15, 0.2) is 5.78 Å². The summed E-state index contributed by atoms with van der Waals surface area (Å²) in [5.74, 6) is -4.03. The van der Waals surface area contributed by atoms with Gasteiger partial charge in [-0.25, -0.2) is 0 Å². The van der Waals surface area contributed by atoms with Gasteiger partial charge in [-0.1, -0.05) is 0 Å². The number of aliphatic hydroxyl groups excluding tert-OH is 8. The van der Waals surface area contributed by atoms with Crippen LogP contribution in [0.25, 0.3) is 0 Å². The predicted molar refractivity (Wildman–Crippen MR) is 272 cm³/mol. The van der Waals surface area contributed by atoms with Gasteiger partial charge in [0.05, 0.1) is 84.0 Å². The van der Waals surface area contributed by atoms with Crippen molar-refractivity contribution in [3.05, 3.63) is 43.7 Å². The summed E-state index contributed by atoms with van der Waals surface area (Å²) in [4.78, 5) is 83.9. The normalized spacial score (nSPS) is 12.1. The van der Waals surface area contributed by atoms with Crippen LogP contribution in [0.4, 0.5) is 11.4 Å². The summed E-state index contributed by atoms with van der Waals surface area (Å²) in [5, 5.41) is 85.2. The third-order valence-electron chi connectivity index (χ3n) is 8.45. The van der Waals surface area contributed by atoms with E-state index in [4.69, 9.17) is 0 Å². The van der Waals surface area contributed by atoms with Crippen LogP contribution >= 0.6 is 136 Å². The Bertz CT molecular complexity index is 1950. The molecule has 0 heterocycles. The molecule has 2 unspecified atom stereocenters. The Labute approximate surface area is 432 Å². The zero-order chi connectivity index (χ0) is 46.3. The lowest BCUT2D eigenvalue weighted by atomic mass is 10.0. The molecule has 20 nitrogen and oxygen atoms in total. The van der Waals surface area contributed by atoms with Gasteiger partial charge in [-0.05, 0) is 149 Å². The molecule has 0 aliphatic rings. The number of Topliss-reactive ketones (excluding diaryl/α,β-unsaturated/α-hetero) is 1. The number of rotatable bonds is 24. The second kappa shape index (κ2) is 27.8. The number of amides is 5. The van der Waals surface area contributed by atoms with Gasteiger partial charge in [-0.15, -0.1) is 0 Å². The van der Waals surface area contributed by atoms with Gasteiger partial charge < -0.3 is 71.5 Å². The summed E-state index contributed by atoms with van der Waals surface area (Å²) in [7, 11) is 1.51. The maximum absolute atomic E-state index is 14.1. The lowest BCUT2D eigenvalue weighted by molar-refractivity contribution is -0.119. The van der Waals surface area contributed by atoms with Gasteiger partial charge in [0.2, 0.25) is 11.8 Å². The molecular weight excluding hydrogens is 1490 g/mol. The van der Waals surface area contributed by atoms with E-state index in [1.165, 1.54) is 11.9 Å². The highest BCUT2D eigenvalue weighted by Gasteiger charge is 2.33. The Kier molecular flexibility index (Phi) is 25.8. The number of carbonyl (C=O) groups is 6. The molecule has 0 spiro atoms. The van der Waals surface area contributed by atoms with Crippen molar-refractivity contribution in [2.45, 2.75) is 18.6 Å². The molecule has 0 bridgehead atoms. The highest BCUT2D eigenvalue weighted by molar-refractivity contribution is 14.1. The summed E-state index contributed by atoms with van der Waals surface area (Å²) >= 11 is 11.0. The summed E-state index contributed by atoms with van der Waals surface area (Å²) in [6.45, 7) is -5.05. The van der Waals surface area contributed by atoms with Crippen molar-refractivity contribution in [2.75, 3.05) is 103 Å². The number of ketones is 1. The number of carbonyl (C=O) groups excluding carboxylic acids is 6. The second-order valence-electron chi connectivity index (χ2n) is 12.8. The van der Waals surface area contributed by atoms with Crippen LogP contribution < -0.4 is 16.0 Å². The van der Waals surface area contributed by atoms with E-state index in [9.17, 15) is 69.6 Å². The molecule has 5 amide bonds. The van der Waals surface area contributed by atoms with Gasteiger partial charge >= 0.3 is 0 Å². The molecule has 0 fully saturated rings. The van der Waals surface area contributed by atoms with E-state index >= 15 is 0 Å². The largest absolute Gasteiger partial charge is 0.395 e. The number of anilines is 2. The average Bonchev–Trinajstić information content (AvgIpc) is 3.22. The van der Waals surface area contributed by atoms with Gasteiger partial charge in [-0.2, -0.15) is 0 Å². The quantitative estimate of drug-likeness (QED) is 0.0365. The van der Waals surface area contributed by atoms with Crippen LogP contribution in [0.1, 0.15) is 47.9 Å². The molecular formula is C35H44I6N6O14. The van der Waals surface area contributed by atoms with E-state index in [1.54, 1.807) is 0 Å². The molecule has 340 valence electrons. The first-order chi connectivity index (χ1) is 28.8. The maximum atomic E-state index is 14.1. The molecule has 2 aromatic rings. The highest BCUT2D eigenvalue weighted by atomic mass is 127. The monoisotopic (exact) mass is 1530 g/mol. The summed E-state index contributed by atoms with van der Waals surface area (Å²) in [6, 6.07) is 0. The van der Waals surface area contributed by atoms with Gasteiger partial charge in [-0.3, -0.25) is 28.8 Å². The first-order valence-corrected chi connectivity index (χ1v) is 24.3. The first kappa shape index (κ1) is 56.6. The third kappa shape index (κ3) is 15.3. The van der Waals surface area contributed by atoms with Gasteiger partial charge in [0.25, 0.3) is 17.7 Å². The summed E-state index contributed by atoms with van der Waals surface area (Å²) in [5.41, 5.74) is 0.274. The van der Waals surface area contributed by atoms with Gasteiger partial charge in [0.1, 0.15) is 13.2 Å². The number of nitrogens with zero attached hydrogens (tertiary/aromatic N) is 3. The van der Waals surface area contributed by atoms with Crippen LogP contribution in [0.2, 0.25) is 0 Å². The standard InChI is InChI=1S/C35H44I6N6O14/c1-45(33(59)22-26(37)24(30(41)32(28(22)39)44-20(58)15-53)35(61)47(6-8-49)11-17(55)13-51)4-2-3-42-9-18(56)21-25(36)23(29(40)31(27(21)38)43-19(57)14-52)34(60)46(5-7-48)10-16(54)12-50/h16-17,42,48-55H,2-15H2,1H3,(H,43,57)(H,44,58). The van der Waals surface area contributed by atoms with E-state index in [0.717, 1.165) is 9.80 Å². The summed E-state index contributed by atoms with van der Waals surface area (Å²) in [6.07, 6.45) is -2.34. The van der Waals surface area contributed by atoms with Gasteiger partial charge in [0, 0.05) is 56.0 Å². The van der Waals surface area contributed by atoms with Crippen molar-refractivity contribution in [3.8, 4) is 0 Å². The van der Waals surface area contributed by atoms with Crippen LogP contribution in [0, 0.1) is 21.4 Å². The number of nitrogens with one attached hydrogen (secondary N) is 3. The van der Waals surface area contributed by atoms with Crippen LogP contribution in [-0.2, 0) is 9.59 Å². The Morgan fingerprint density at radius 1 is 0.557 bits per heavy atom. The topological polar surface area (TPSA) is 310 Å². The number of hydrogen-bond acceptors (Lipinski definition) is 15. The molecule has 0 saturated carbocycles. The maximum Gasteiger partial charge on any atom is 0.256 e. The van der Waals surface area contributed by atoms with Crippen LogP contribution in [-0.4, -0.2) is 196 Å². The fourth-order valence-corrected chi connectivity index (χ4v) is 14.3. The molecule has 0 radical (unpaired) electrons. The zero-order valence-electron chi connectivity index (χ0n) is 32.2. The lowest BCUT2D eigenvalue weighted by Gasteiger charge is -2.27. The van der Waals surface area contributed by atoms with E-state index in [-0.39, 0.29) is 101 Å². The fourth-order valence-electron chi connectivity index (χ4n) is 5.47. The third-order valence-corrected chi connectivity index (χ3v) is 14.9. The molecule has 26 heteroatoms. The second-order valence-corrected chi connectivity index (χ2v) is 19.3. The lowest BCUT2D eigenvalue weighted by Crippen LogP contribution is -2.41. The van der Waals surface area contributed by atoms with E-state index in [0.29, 0.717) is 6.42 Å². The zero-order valence-corrected chi connectivity index (χ0v) is 45.1. The molecule has 61 heavy (non-hydrogen) atoms. The molecule has 2 atom stereocenters. The average molecular weight is 1530 g/mol. The van der Waals surface area contributed by atoms with E-state index in [2.05, 4.69) is 16.0 Å². The van der Waals surface area contributed by atoms with E-state index in [1.807, 2.05) is 136 Å². The Morgan fingerprint density at radius 3 is 1.31 bits per heavy atom. The molecule has 11 N–H and O–H groups in total. The number of hydrogen-bond donors (Lipinski definition) is 11. The molecule has 0 saturated heterocycles. The van der Waals surface area contributed by atoms with Crippen molar-refractivity contribution < 1.29 is 69.6 Å². The van der Waals surface area contributed by atoms with Crippen molar-refractivity contribution >= 4 is 182 Å². The minimum Gasteiger partial charge on any atom is -0.395 e. The SMILES string of the molecule is CN(CCCNCC(=O)c1c(I)c(NC(=O)CO)c(I)c(C(=O)N(CCO)CC(O)CO)c1I)C(=O)c1c(I)c(NC(=O)CO)c(I)c(C(=O)N(CCO)CC(O)CO)c1I. The molecule has 2 aromatic carbocycles. The van der Waals surface area contributed by atoms with Crippen molar-refractivity contribution in [2.24, 2.45) is 0 Å². The van der Waals surface area contributed by atoms with E-state index < -0.39 is 87.2 Å². The van der Waals surface area contributed by atoms with Crippen LogP contribution in [0.5, 0.6) is 0 Å². The summed E-state index contributed by atoms with van der Waals surface area (Å²) < 4.78 is 1.44. The molecule has 2 rings (SSSR count). The minimum absolute atomic E-state index is 0.00963. The van der Waals surface area contributed by atoms with Crippen LogP contribution in [0.15, 0.2) is 0 Å². The van der Waals surface area contributed by atoms with Crippen molar-refractivity contribution in [1.29, 1.82) is 0 Å². The number of benzene rings is 2. The Morgan fingerprint density at radius 2 is 0.934 bits per heavy atom. The fraction of sp³-hybridized carbons (Fsp3) is 0.486. The Balaban J connectivity index is 2.42. The predicted octanol–water partition coefficient (Wildman–Crippen LogP) is -0.314. The molecule has 0 aromatic heterocycles. The first-order valence-electron chi connectivity index (χ1n) is 17.9. The van der Waals surface area contributed by atoms with Crippen LogP contribution in [0.3, 0.4) is 0 Å². The van der Waals surface area contributed by atoms with Crippen molar-refractivity contribution in [1.82, 2.24) is 20.0 Å². The molecule has 0 aliphatic heterocycles. The number of aliphatic hydroxyl groups is 8. The molecule has 0 aliphatic carbocycles. The number of halogens is 6.